The van der Waals surface area contributed by atoms with E-state index >= 15 is 0 Å². The molecule has 1 aromatic heterocycles. The monoisotopic (exact) mass is 272 g/mol. The predicted molar refractivity (Wildman–Crippen MR) is 79.6 cm³/mol. The quantitative estimate of drug-likeness (QED) is 0.856. The summed E-state index contributed by atoms with van der Waals surface area (Å²) in [6, 6.07) is 7.95. The lowest BCUT2D eigenvalue weighted by Gasteiger charge is -2.09. The Hall–Kier alpha value is -2.03. The van der Waals surface area contributed by atoms with Gasteiger partial charge in [0, 0.05) is 17.5 Å². The predicted octanol–water partition coefficient (Wildman–Crippen LogP) is 3.36. The number of aryl methyl sites for hydroxylation is 3. The minimum absolute atomic E-state index is 0.0920. The second-order valence-corrected chi connectivity index (χ2v) is 5.01. The summed E-state index contributed by atoms with van der Waals surface area (Å²) in [4.78, 5) is 12.0. The van der Waals surface area contributed by atoms with E-state index in [1.807, 2.05) is 32.0 Å². The van der Waals surface area contributed by atoms with Crippen molar-refractivity contribution in [1.29, 1.82) is 0 Å². The molecule has 0 atom stereocenters. The molecule has 20 heavy (non-hydrogen) atoms. The first-order valence-corrected chi connectivity index (χ1v) is 6.75. The van der Waals surface area contributed by atoms with Crippen LogP contribution in [0.5, 0.6) is 5.75 Å². The van der Waals surface area contributed by atoms with Crippen LogP contribution in [0.1, 0.15) is 28.2 Å². The molecule has 1 aromatic carbocycles. The minimum Gasteiger partial charge on any atom is -0.497 e. The van der Waals surface area contributed by atoms with E-state index in [0.29, 0.717) is 11.3 Å². The number of benzene rings is 1. The van der Waals surface area contributed by atoms with Crippen LogP contribution < -0.4 is 10.2 Å². The number of methoxy groups -OCH3 is 1. The van der Waals surface area contributed by atoms with Gasteiger partial charge in [-0.25, -0.2) is 0 Å². The van der Waals surface area contributed by atoms with Gasteiger partial charge in [0.25, 0.3) is 0 Å². The van der Waals surface area contributed by atoms with Crippen molar-refractivity contribution in [2.45, 2.75) is 33.6 Å². The molecule has 0 saturated heterocycles. The van der Waals surface area contributed by atoms with Gasteiger partial charge in [-0.3, -0.25) is 4.79 Å². The molecule has 0 amide bonds. The zero-order chi connectivity index (χ0) is 14.7. The second kappa shape index (κ2) is 5.95. The van der Waals surface area contributed by atoms with Gasteiger partial charge in [-0.05, 0) is 44.9 Å². The first-order chi connectivity index (χ1) is 9.52. The molecule has 2 rings (SSSR count). The van der Waals surface area contributed by atoms with E-state index in [1.54, 1.807) is 14.0 Å². The Labute approximate surface area is 119 Å². The van der Waals surface area contributed by atoms with Gasteiger partial charge in [-0.2, -0.15) is 0 Å². The normalized spacial score (nSPS) is 10.6. The third-order valence-electron chi connectivity index (χ3n) is 3.68. The molecule has 0 aliphatic carbocycles. The van der Waals surface area contributed by atoms with Crippen LogP contribution in [0.25, 0.3) is 0 Å². The highest BCUT2D eigenvalue weighted by atomic mass is 16.5. The summed E-state index contributed by atoms with van der Waals surface area (Å²) in [7, 11) is 1.66. The van der Waals surface area contributed by atoms with Crippen molar-refractivity contribution in [3.8, 4) is 5.75 Å². The van der Waals surface area contributed by atoms with Gasteiger partial charge >= 0.3 is 0 Å². The molecule has 0 N–H and O–H groups in total. The molecule has 3 nitrogen and oxygen atoms in total. The van der Waals surface area contributed by atoms with Crippen LogP contribution >= 0.6 is 0 Å². The summed E-state index contributed by atoms with van der Waals surface area (Å²) in [5, 5.41) is 0. The maximum atomic E-state index is 12.0. The van der Waals surface area contributed by atoms with Gasteiger partial charge < -0.3 is 9.15 Å². The largest absolute Gasteiger partial charge is 0.497 e. The molecule has 0 fully saturated rings. The molecule has 106 valence electrons. The van der Waals surface area contributed by atoms with E-state index in [0.717, 1.165) is 29.9 Å². The Morgan fingerprint density at radius 3 is 2.55 bits per heavy atom. The molecule has 0 unspecified atom stereocenters. The number of hydrogen-bond donors (Lipinski definition) is 0. The first-order valence-electron chi connectivity index (χ1n) is 6.75. The Morgan fingerprint density at radius 2 is 1.85 bits per heavy atom. The van der Waals surface area contributed by atoms with Gasteiger partial charge in [0.1, 0.15) is 17.3 Å². The van der Waals surface area contributed by atoms with Gasteiger partial charge in [-0.1, -0.05) is 12.1 Å². The molecule has 0 aliphatic heterocycles. The van der Waals surface area contributed by atoms with Crippen LogP contribution in [-0.4, -0.2) is 7.11 Å². The Morgan fingerprint density at radius 1 is 1.10 bits per heavy atom. The molecular weight excluding hydrogens is 252 g/mol. The molecule has 1 heterocycles. The van der Waals surface area contributed by atoms with E-state index in [4.69, 9.17) is 9.15 Å². The minimum atomic E-state index is 0.0920. The Bertz CT molecular complexity index is 668. The van der Waals surface area contributed by atoms with Gasteiger partial charge in [0.05, 0.1) is 7.11 Å². The highest BCUT2D eigenvalue weighted by Crippen LogP contribution is 2.16. The highest BCUT2D eigenvalue weighted by Gasteiger charge is 2.11. The molecular formula is C17H20O3. The summed E-state index contributed by atoms with van der Waals surface area (Å²) in [6.45, 7) is 5.48. The van der Waals surface area contributed by atoms with E-state index in [1.165, 1.54) is 5.56 Å². The number of hydrogen-bond acceptors (Lipinski definition) is 3. The van der Waals surface area contributed by atoms with E-state index < -0.39 is 0 Å². The third kappa shape index (κ3) is 2.93. The Balaban J connectivity index is 2.21. The fourth-order valence-corrected chi connectivity index (χ4v) is 2.23. The lowest BCUT2D eigenvalue weighted by atomic mass is 10.0. The fraction of sp³-hybridized carbons (Fsp3) is 0.353. The lowest BCUT2D eigenvalue weighted by molar-refractivity contribution is 0.414. The van der Waals surface area contributed by atoms with Crippen LogP contribution in [-0.2, 0) is 12.8 Å². The van der Waals surface area contributed by atoms with Gasteiger partial charge in [0.2, 0.25) is 0 Å². The first kappa shape index (κ1) is 14.4. The highest BCUT2D eigenvalue weighted by molar-refractivity contribution is 5.30. The van der Waals surface area contributed by atoms with Gasteiger partial charge in [-0.15, -0.1) is 0 Å². The summed E-state index contributed by atoms with van der Waals surface area (Å²) in [5.41, 5.74) is 2.68. The van der Waals surface area contributed by atoms with Gasteiger partial charge in [0.15, 0.2) is 5.43 Å². The smallest absolute Gasteiger partial charge is 0.191 e. The fourth-order valence-electron chi connectivity index (χ4n) is 2.23. The molecule has 0 spiro atoms. The Kier molecular flexibility index (Phi) is 4.28. The molecule has 0 radical (unpaired) electrons. The second-order valence-electron chi connectivity index (χ2n) is 5.01. The molecule has 0 aliphatic rings. The van der Waals surface area contributed by atoms with Crippen LogP contribution in [0.4, 0.5) is 0 Å². The molecule has 2 aromatic rings. The van der Waals surface area contributed by atoms with Crippen LogP contribution in [0.3, 0.4) is 0 Å². The van der Waals surface area contributed by atoms with Crippen molar-refractivity contribution in [3.63, 3.8) is 0 Å². The summed E-state index contributed by atoms with van der Waals surface area (Å²) in [5.74, 6) is 2.34. The van der Waals surface area contributed by atoms with E-state index in [2.05, 4.69) is 6.07 Å². The van der Waals surface area contributed by atoms with Crippen molar-refractivity contribution in [2.75, 3.05) is 7.11 Å². The maximum Gasteiger partial charge on any atom is 0.191 e. The average molecular weight is 272 g/mol. The zero-order valence-corrected chi connectivity index (χ0v) is 12.4. The lowest BCUT2D eigenvalue weighted by Crippen LogP contribution is -2.13. The molecule has 0 bridgehead atoms. The maximum absolute atomic E-state index is 12.0. The van der Waals surface area contributed by atoms with E-state index in [9.17, 15) is 4.79 Å². The van der Waals surface area contributed by atoms with Crippen molar-refractivity contribution < 1.29 is 9.15 Å². The van der Waals surface area contributed by atoms with Crippen molar-refractivity contribution in [3.05, 3.63) is 62.7 Å². The summed E-state index contributed by atoms with van der Waals surface area (Å²) in [6.07, 6.45) is 1.54. The molecule has 0 saturated carbocycles. The average Bonchev–Trinajstić information content (AvgIpc) is 2.47. The van der Waals surface area contributed by atoms with E-state index in [-0.39, 0.29) is 5.43 Å². The van der Waals surface area contributed by atoms with Crippen molar-refractivity contribution in [2.24, 2.45) is 0 Å². The third-order valence-corrected chi connectivity index (χ3v) is 3.68. The van der Waals surface area contributed by atoms with Crippen molar-refractivity contribution >= 4 is 0 Å². The van der Waals surface area contributed by atoms with Crippen LogP contribution in [0.15, 0.2) is 33.5 Å². The topological polar surface area (TPSA) is 39.4 Å². The standard InChI is InChI=1S/C17H20O3/c1-11-13(3)20-16(12(2)17(11)18)9-8-14-6-5-7-15(10-14)19-4/h5-7,10H,8-9H2,1-4H3. The molecule has 3 heteroatoms. The summed E-state index contributed by atoms with van der Waals surface area (Å²) >= 11 is 0. The van der Waals surface area contributed by atoms with Crippen LogP contribution in [0, 0.1) is 20.8 Å². The zero-order valence-electron chi connectivity index (χ0n) is 12.4. The van der Waals surface area contributed by atoms with Crippen LogP contribution in [0.2, 0.25) is 0 Å². The SMILES string of the molecule is COc1cccc(CCc2oc(C)c(C)c(=O)c2C)c1. The summed E-state index contributed by atoms with van der Waals surface area (Å²) < 4.78 is 11.0. The number of rotatable bonds is 4. The number of ether oxygens (including phenoxy) is 1. The van der Waals surface area contributed by atoms with Crippen molar-refractivity contribution in [1.82, 2.24) is 0 Å².